The summed E-state index contributed by atoms with van der Waals surface area (Å²) < 4.78 is 13.2. The van der Waals surface area contributed by atoms with Gasteiger partial charge in [-0.05, 0) is 12.1 Å². The van der Waals surface area contributed by atoms with Crippen molar-refractivity contribution in [3.05, 3.63) is 34.6 Å². The van der Waals surface area contributed by atoms with Crippen LogP contribution in [0.2, 0.25) is 5.02 Å². The second-order valence-electron chi connectivity index (χ2n) is 2.75. The van der Waals surface area contributed by atoms with Gasteiger partial charge in [-0.2, -0.15) is 0 Å². The molecule has 0 unspecified atom stereocenters. The Balaban J connectivity index is 2.86. The summed E-state index contributed by atoms with van der Waals surface area (Å²) in [6.07, 6.45) is 0. The molecule has 0 aliphatic rings. The SMILES string of the molecule is NC(=O)CNC(=O)c1c(F)cccc1Cl. The number of nitrogens with one attached hydrogen (secondary N) is 1. The lowest BCUT2D eigenvalue weighted by atomic mass is 10.2. The quantitative estimate of drug-likeness (QED) is 0.802. The van der Waals surface area contributed by atoms with Gasteiger partial charge in [-0.25, -0.2) is 4.39 Å². The maximum absolute atomic E-state index is 13.2. The van der Waals surface area contributed by atoms with Crippen LogP contribution in [-0.2, 0) is 4.79 Å². The average molecular weight is 231 g/mol. The van der Waals surface area contributed by atoms with Crippen molar-refractivity contribution in [2.45, 2.75) is 0 Å². The summed E-state index contributed by atoms with van der Waals surface area (Å²) >= 11 is 5.62. The summed E-state index contributed by atoms with van der Waals surface area (Å²) in [5.74, 6) is -2.22. The number of carbonyl (C=O) groups excluding carboxylic acids is 2. The Bertz CT molecular complexity index is 389. The number of benzene rings is 1. The number of nitrogens with two attached hydrogens (primary N) is 1. The van der Waals surface area contributed by atoms with E-state index in [1.165, 1.54) is 12.1 Å². The van der Waals surface area contributed by atoms with Crippen LogP contribution in [0, 0.1) is 5.82 Å². The lowest BCUT2D eigenvalue weighted by Crippen LogP contribution is -2.33. The van der Waals surface area contributed by atoms with Gasteiger partial charge in [0.1, 0.15) is 5.82 Å². The molecule has 80 valence electrons. The van der Waals surface area contributed by atoms with Crippen molar-refractivity contribution in [2.75, 3.05) is 6.54 Å². The van der Waals surface area contributed by atoms with Crippen LogP contribution < -0.4 is 11.1 Å². The Hall–Kier alpha value is -1.62. The molecule has 6 heteroatoms. The smallest absolute Gasteiger partial charge is 0.256 e. The first-order chi connectivity index (χ1) is 7.02. The predicted molar refractivity (Wildman–Crippen MR) is 52.9 cm³/mol. The molecule has 0 heterocycles. The van der Waals surface area contributed by atoms with Gasteiger partial charge >= 0.3 is 0 Å². The standard InChI is InChI=1S/C9H8ClFN2O2/c10-5-2-1-3-6(11)8(5)9(15)13-4-7(12)14/h1-3H,4H2,(H2,12,14)(H,13,15). The number of halogens is 2. The van der Waals surface area contributed by atoms with Crippen molar-refractivity contribution in [1.29, 1.82) is 0 Å². The zero-order chi connectivity index (χ0) is 11.4. The molecule has 0 fully saturated rings. The molecule has 0 radical (unpaired) electrons. The van der Waals surface area contributed by atoms with E-state index in [2.05, 4.69) is 5.32 Å². The van der Waals surface area contributed by atoms with Crippen molar-refractivity contribution >= 4 is 23.4 Å². The van der Waals surface area contributed by atoms with Gasteiger partial charge in [-0.3, -0.25) is 9.59 Å². The van der Waals surface area contributed by atoms with Crippen molar-refractivity contribution < 1.29 is 14.0 Å². The molecule has 2 amide bonds. The highest BCUT2D eigenvalue weighted by atomic mass is 35.5. The average Bonchev–Trinajstić information content (AvgIpc) is 2.14. The highest BCUT2D eigenvalue weighted by Gasteiger charge is 2.15. The number of primary amides is 1. The van der Waals surface area contributed by atoms with E-state index in [1.807, 2.05) is 0 Å². The van der Waals surface area contributed by atoms with Gasteiger partial charge in [-0.15, -0.1) is 0 Å². The highest BCUT2D eigenvalue weighted by Crippen LogP contribution is 2.18. The molecular weight excluding hydrogens is 223 g/mol. The summed E-state index contributed by atoms with van der Waals surface area (Å²) in [5, 5.41) is 2.13. The number of carbonyl (C=O) groups is 2. The zero-order valence-corrected chi connectivity index (χ0v) is 8.34. The van der Waals surface area contributed by atoms with Crippen LogP contribution in [0.25, 0.3) is 0 Å². The Kier molecular flexibility index (Phi) is 3.62. The highest BCUT2D eigenvalue weighted by molar-refractivity contribution is 6.33. The fourth-order valence-corrected chi connectivity index (χ4v) is 1.22. The summed E-state index contributed by atoms with van der Waals surface area (Å²) in [7, 11) is 0. The topological polar surface area (TPSA) is 72.2 Å². The Morgan fingerprint density at radius 2 is 2.13 bits per heavy atom. The predicted octanol–water partition coefficient (Wildman–Crippen LogP) is 0.694. The van der Waals surface area contributed by atoms with Crippen molar-refractivity contribution in [2.24, 2.45) is 5.73 Å². The van der Waals surface area contributed by atoms with Gasteiger partial charge in [0.2, 0.25) is 5.91 Å². The lowest BCUT2D eigenvalue weighted by Gasteiger charge is -2.05. The van der Waals surface area contributed by atoms with Crippen LogP contribution in [0.5, 0.6) is 0 Å². The molecule has 15 heavy (non-hydrogen) atoms. The first-order valence-corrected chi connectivity index (χ1v) is 4.40. The van der Waals surface area contributed by atoms with Gasteiger partial charge in [0.05, 0.1) is 17.1 Å². The Morgan fingerprint density at radius 3 is 2.67 bits per heavy atom. The third kappa shape index (κ3) is 2.92. The molecule has 0 spiro atoms. The number of amides is 2. The van der Waals surface area contributed by atoms with Gasteiger partial charge in [0, 0.05) is 0 Å². The minimum Gasteiger partial charge on any atom is -0.368 e. The van der Waals surface area contributed by atoms with Crippen LogP contribution in [-0.4, -0.2) is 18.4 Å². The fourth-order valence-electron chi connectivity index (χ4n) is 0.971. The second-order valence-corrected chi connectivity index (χ2v) is 3.15. The van der Waals surface area contributed by atoms with E-state index in [0.29, 0.717) is 0 Å². The van der Waals surface area contributed by atoms with Crippen molar-refractivity contribution in [3.63, 3.8) is 0 Å². The summed E-state index contributed by atoms with van der Waals surface area (Å²) in [6.45, 7) is -0.358. The largest absolute Gasteiger partial charge is 0.368 e. The first kappa shape index (κ1) is 11.5. The molecule has 0 saturated carbocycles. The molecule has 0 aliphatic carbocycles. The van der Waals surface area contributed by atoms with Crippen LogP contribution in [0.3, 0.4) is 0 Å². The van der Waals surface area contributed by atoms with Gasteiger partial charge in [0.15, 0.2) is 0 Å². The first-order valence-electron chi connectivity index (χ1n) is 4.03. The Morgan fingerprint density at radius 1 is 1.47 bits per heavy atom. The van der Waals surface area contributed by atoms with Gasteiger partial charge < -0.3 is 11.1 Å². The van der Waals surface area contributed by atoms with E-state index >= 15 is 0 Å². The van der Waals surface area contributed by atoms with E-state index in [1.54, 1.807) is 0 Å². The minimum atomic E-state index is -0.767. The van der Waals surface area contributed by atoms with Crippen molar-refractivity contribution in [3.8, 4) is 0 Å². The molecule has 0 aliphatic heterocycles. The van der Waals surface area contributed by atoms with Crippen LogP contribution in [0.4, 0.5) is 4.39 Å². The summed E-state index contributed by atoms with van der Waals surface area (Å²) in [6, 6.07) is 3.86. The maximum atomic E-state index is 13.2. The second kappa shape index (κ2) is 4.75. The molecule has 1 aromatic carbocycles. The third-order valence-corrected chi connectivity index (χ3v) is 1.93. The molecule has 3 N–H and O–H groups in total. The van der Waals surface area contributed by atoms with E-state index < -0.39 is 17.6 Å². The number of hydrogen-bond donors (Lipinski definition) is 2. The van der Waals surface area contributed by atoms with Crippen molar-refractivity contribution in [1.82, 2.24) is 5.32 Å². The summed E-state index contributed by atoms with van der Waals surface area (Å²) in [4.78, 5) is 21.7. The number of hydrogen-bond acceptors (Lipinski definition) is 2. The maximum Gasteiger partial charge on any atom is 0.256 e. The van der Waals surface area contributed by atoms with Crippen LogP contribution in [0.1, 0.15) is 10.4 Å². The van der Waals surface area contributed by atoms with Gasteiger partial charge in [0.25, 0.3) is 5.91 Å². The summed E-state index contributed by atoms with van der Waals surface area (Å²) in [5.41, 5.74) is 4.52. The zero-order valence-electron chi connectivity index (χ0n) is 7.59. The third-order valence-electron chi connectivity index (χ3n) is 1.61. The molecule has 1 rings (SSSR count). The van der Waals surface area contributed by atoms with E-state index in [9.17, 15) is 14.0 Å². The molecule has 0 atom stereocenters. The molecule has 0 bridgehead atoms. The molecule has 4 nitrogen and oxygen atoms in total. The van der Waals surface area contributed by atoms with E-state index in [0.717, 1.165) is 6.07 Å². The number of rotatable bonds is 3. The lowest BCUT2D eigenvalue weighted by molar-refractivity contribution is -0.117. The van der Waals surface area contributed by atoms with E-state index in [-0.39, 0.29) is 17.1 Å². The normalized spacial score (nSPS) is 9.73. The fraction of sp³-hybridized carbons (Fsp3) is 0.111. The Labute approximate surface area is 90.2 Å². The monoisotopic (exact) mass is 230 g/mol. The molecule has 1 aromatic rings. The van der Waals surface area contributed by atoms with Crippen LogP contribution in [0.15, 0.2) is 18.2 Å². The molecule has 0 aromatic heterocycles. The molecule has 0 saturated heterocycles. The van der Waals surface area contributed by atoms with E-state index in [4.69, 9.17) is 17.3 Å². The van der Waals surface area contributed by atoms with Crippen LogP contribution >= 0.6 is 11.6 Å². The molecular formula is C9H8ClFN2O2. The minimum absolute atomic E-state index is 0.0167. The van der Waals surface area contributed by atoms with Gasteiger partial charge in [-0.1, -0.05) is 17.7 Å².